The number of thiophene rings is 1. The molecule has 1 aromatic rings. The Morgan fingerprint density at radius 2 is 2.29 bits per heavy atom. The highest BCUT2D eigenvalue weighted by atomic mass is 79.9. The topological polar surface area (TPSA) is 17.1 Å². The zero-order valence-corrected chi connectivity index (χ0v) is 10.4. The highest BCUT2D eigenvalue weighted by Crippen LogP contribution is 2.29. The monoisotopic (exact) mass is 272 g/mol. The number of hydrogen-bond acceptors (Lipinski definition) is 2. The Kier molecular flexibility index (Phi) is 3.39. The zero-order chi connectivity index (χ0) is 9.97. The van der Waals surface area contributed by atoms with Crippen LogP contribution in [0.1, 0.15) is 30.6 Å². The van der Waals surface area contributed by atoms with Gasteiger partial charge in [-0.1, -0.05) is 6.42 Å². The number of ketones is 1. The van der Waals surface area contributed by atoms with Gasteiger partial charge in [0.2, 0.25) is 0 Å². The molecule has 1 saturated carbocycles. The van der Waals surface area contributed by atoms with Crippen LogP contribution in [0.2, 0.25) is 0 Å². The van der Waals surface area contributed by atoms with Gasteiger partial charge >= 0.3 is 0 Å². The number of carbonyl (C=O) groups excluding carboxylic acids is 1. The molecule has 0 aromatic carbocycles. The molecule has 1 unspecified atom stereocenters. The first-order valence-corrected chi connectivity index (χ1v) is 6.63. The van der Waals surface area contributed by atoms with Crippen LogP contribution >= 0.6 is 27.3 Å². The maximum atomic E-state index is 11.6. The first-order chi connectivity index (χ1) is 6.75. The molecule has 0 saturated heterocycles. The van der Waals surface area contributed by atoms with Crippen molar-refractivity contribution in [3.05, 3.63) is 20.8 Å². The summed E-state index contributed by atoms with van der Waals surface area (Å²) in [7, 11) is 0. The maximum Gasteiger partial charge on any atom is 0.136 e. The van der Waals surface area contributed by atoms with Gasteiger partial charge in [0.1, 0.15) is 5.78 Å². The summed E-state index contributed by atoms with van der Waals surface area (Å²) >= 11 is 5.19. The van der Waals surface area contributed by atoms with E-state index in [1.54, 1.807) is 11.3 Å². The minimum absolute atomic E-state index is 0.300. The van der Waals surface area contributed by atoms with Crippen LogP contribution < -0.4 is 0 Å². The van der Waals surface area contributed by atoms with Crippen molar-refractivity contribution < 1.29 is 4.79 Å². The summed E-state index contributed by atoms with van der Waals surface area (Å²) in [4.78, 5) is 12.9. The molecule has 1 aliphatic carbocycles. The van der Waals surface area contributed by atoms with E-state index in [1.165, 1.54) is 11.3 Å². The summed E-state index contributed by atoms with van der Waals surface area (Å²) in [6.07, 6.45) is 5.17. The molecule has 1 aliphatic rings. The molecule has 0 radical (unpaired) electrons. The Morgan fingerprint density at radius 1 is 1.43 bits per heavy atom. The number of Topliss-reactive ketones (excluding diaryl/α,β-unsaturated/α-hetero) is 1. The van der Waals surface area contributed by atoms with Crippen LogP contribution in [0.25, 0.3) is 0 Å². The predicted molar refractivity (Wildman–Crippen MR) is 62.7 cm³/mol. The van der Waals surface area contributed by atoms with Crippen molar-refractivity contribution in [2.45, 2.75) is 32.1 Å². The highest BCUT2D eigenvalue weighted by Gasteiger charge is 2.22. The van der Waals surface area contributed by atoms with Crippen molar-refractivity contribution in [3.8, 4) is 0 Å². The van der Waals surface area contributed by atoms with Crippen molar-refractivity contribution in [2.24, 2.45) is 5.92 Å². The lowest BCUT2D eigenvalue weighted by Crippen LogP contribution is -2.20. The third-order valence-electron chi connectivity index (χ3n) is 2.76. The van der Waals surface area contributed by atoms with Gasteiger partial charge < -0.3 is 0 Å². The SMILES string of the molecule is O=C1CCCCC1Cc1ccc(Br)s1. The van der Waals surface area contributed by atoms with Gasteiger partial charge in [-0.05, 0) is 47.3 Å². The Balaban J connectivity index is 1.99. The van der Waals surface area contributed by atoms with Crippen molar-refractivity contribution in [3.63, 3.8) is 0 Å². The second-order valence-electron chi connectivity index (χ2n) is 3.82. The van der Waals surface area contributed by atoms with Crippen molar-refractivity contribution >= 4 is 33.0 Å². The van der Waals surface area contributed by atoms with Crippen molar-refractivity contribution in [1.29, 1.82) is 0 Å². The first kappa shape index (κ1) is 10.4. The lowest BCUT2D eigenvalue weighted by molar-refractivity contribution is -0.124. The van der Waals surface area contributed by atoms with Crippen molar-refractivity contribution in [1.82, 2.24) is 0 Å². The lowest BCUT2D eigenvalue weighted by atomic mass is 9.85. The van der Waals surface area contributed by atoms with Crippen LogP contribution in [-0.4, -0.2) is 5.78 Å². The van der Waals surface area contributed by atoms with Crippen LogP contribution in [0.15, 0.2) is 15.9 Å². The second-order valence-corrected chi connectivity index (χ2v) is 6.37. The summed E-state index contributed by atoms with van der Waals surface area (Å²) in [5, 5.41) is 0. The molecule has 76 valence electrons. The fraction of sp³-hybridized carbons (Fsp3) is 0.545. The van der Waals surface area contributed by atoms with E-state index in [9.17, 15) is 4.79 Å². The van der Waals surface area contributed by atoms with E-state index >= 15 is 0 Å². The van der Waals surface area contributed by atoms with Gasteiger partial charge in [0.05, 0.1) is 3.79 Å². The lowest BCUT2D eigenvalue weighted by Gasteiger charge is -2.19. The minimum Gasteiger partial charge on any atom is -0.299 e. The maximum absolute atomic E-state index is 11.6. The largest absolute Gasteiger partial charge is 0.299 e. The molecule has 0 aliphatic heterocycles. The average Bonchev–Trinajstić information content (AvgIpc) is 2.56. The van der Waals surface area contributed by atoms with E-state index in [4.69, 9.17) is 0 Å². The van der Waals surface area contributed by atoms with E-state index in [0.29, 0.717) is 11.7 Å². The van der Waals surface area contributed by atoms with Gasteiger partial charge in [0.15, 0.2) is 0 Å². The molecule has 14 heavy (non-hydrogen) atoms. The van der Waals surface area contributed by atoms with Gasteiger partial charge in [0.25, 0.3) is 0 Å². The van der Waals surface area contributed by atoms with Crippen LogP contribution in [0.3, 0.4) is 0 Å². The van der Waals surface area contributed by atoms with Gasteiger partial charge in [-0.3, -0.25) is 4.79 Å². The number of rotatable bonds is 2. The third kappa shape index (κ3) is 2.45. The third-order valence-corrected chi connectivity index (χ3v) is 4.40. The molecule has 1 nitrogen and oxygen atoms in total. The predicted octanol–water partition coefficient (Wildman–Crippen LogP) is 3.81. The Labute approximate surface area is 96.6 Å². The van der Waals surface area contributed by atoms with Gasteiger partial charge in [-0.15, -0.1) is 11.3 Å². The average molecular weight is 273 g/mol. The summed E-state index contributed by atoms with van der Waals surface area (Å²) in [5.74, 6) is 0.773. The highest BCUT2D eigenvalue weighted by molar-refractivity contribution is 9.11. The number of carbonyl (C=O) groups is 1. The Hall–Kier alpha value is -0.150. The molecule has 2 rings (SSSR count). The zero-order valence-electron chi connectivity index (χ0n) is 7.96. The molecule has 1 fully saturated rings. The molecule has 1 atom stereocenters. The van der Waals surface area contributed by atoms with Gasteiger partial charge in [-0.25, -0.2) is 0 Å². The van der Waals surface area contributed by atoms with Gasteiger partial charge in [0, 0.05) is 17.2 Å². The van der Waals surface area contributed by atoms with E-state index in [0.717, 1.165) is 29.5 Å². The standard InChI is InChI=1S/C11H13BrOS/c12-11-6-5-9(14-11)7-8-3-1-2-4-10(8)13/h5-6,8H,1-4,7H2. The quantitative estimate of drug-likeness (QED) is 0.800. The normalized spacial score (nSPS) is 22.6. The van der Waals surface area contributed by atoms with E-state index in [2.05, 4.69) is 28.1 Å². The first-order valence-electron chi connectivity index (χ1n) is 5.02. The van der Waals surface area contributed by atoms with Gasteiger partial charge in [-0.2, -0.15) is 0 Å². The van der Waals surface area contributed by atoms with E-state index in [-0.39, 0.29) is 0 Å². The molecule has 0 amide bonds. The molecular formula is C11H13BrOS. The Bertz CT molecular complexity index is 332. The Morgan fingerprint density at radius 3 is 2.93 bits per heavy atom. The summed E-state index contributed by atoms with van der Waals surface area (Å²) in [5.41, 5.74) is 0. The number of halogens is 1. The molecule has 0 spiro atoms. The van der Waals surface area contributed by atoms with Crippen LogP contribution in [0.5, 0.6) is 0 Å². The fourth-order valence-corrected chi connectivity index (χ4v) is 3.54. The molecule has 0 bridgehead atoms. The fourth-order valence-electron chi connectivity index (χ4n) is 1.98. The van der Waals surface area contributed by atoms with Crippen molar-refractivity contribution in [2.75, 3.05) is 0 Å². The van der Waals surface area contributed by atoms with E-state index in [1.807, 2.05) is 0 Å². The van der Waals surface area contributed by atoms with Crippen LogP contribution in [-0.2, 0) is 11.2 Å². The molecular weight excluding hydrogens is 260 g/mol. The van der Waals surface area contributed by atoms with Crippen LogP contribution in [0.4, 0.5) is 0 Å². The number of hydrogen-bond donors (Lipinski definition) is 0. The summed E-state index contributed by atoms with van der Waals surface area (Å²) in [6.45, 7) is 0. The summed E-state index contributed by atoms with van der Waals surface area (Å²) < 4.78 is 1.16. The smallest absolute Gasteiger partial charge is 0.136 e. The molecule has 1 heterocycles. The molecule has 0 N–H and O–H groups in total. The minimum atomic E-state index is 0.300. The van der Waals surface area contributed by atoms with E-state index < -0.39 is 0 Å². The molecule has 3 heteroatoms. The molecule has 1 aromatic heterocycles. The van der Waals surface area contributed by atoms with Crippen LogP contribution in [0, 0.1) is 5.92 Å². The second kappa shape index (κ2) is 4.58. The summed E-state index contributed by atoms with van der Waals surface area (Å²) in [6, 6.07) is 4.18.